The molecular formula is C26H27FN6S. The topological polar surface area (TPSA) is 49.6 Å². The maximum atomic E-state index is 13.4. The highest BCUT2D eigenvalue weighted by molar-refractivity contribution is 7.96. The molecule has 0 fully saturated rings. The molecule has 4 aromatic rings. The fourth-order valence-corrected chi connectivity index (χ4v) is 4.83. The maximum absolute atomic E-state index is 13.4. The van der Waals surface area contributed by atoms with Crippen LogP contribution in [0.2, 0.25) is 0 Å². The third kappa shape index (κ3) is 4.31. The van der Waals surface area contributed by atoms with Crippen LogP contribution in [0.25, 0.3) is 22.5 Å². The minimum absolute atomic E-state index is 0.265. The van der Waals surface area contributed by atoms with Gasteiger partial charge < -0.3 is 0 Å². The predicted molar refractivity (Wildman–Crippen MR) is 138 cm³/mol. The number of aromatic nitrogens is 4. The van der Waals surface area contributed by atoms with Crippen LogP contribution in [0.1, 0.15) is 24.6 Å². The third-order valence-electron chi connectivity index (χ3n) is 6.20. The molecule has 0 radical (unpaired) electrons. The normalized spacial score (nSPS) is 14.4. The average Bonchev–Trinajstić information content (AvgIpc) is 3.26. The quantitative estimate of drug-likeness (QED) is 0.338. The Bertz CT molecular complexity index is 1350. The highest BCUT2D eigenvalue weighted by Gasteiger charge is 2.20. The van der Waals surface area contributed by atoms with Crippen LogP contribution >= 0.6 is 11.9 Å². The van der Waals surface area contributed by atoms with Crippen molar-refractivity contribution in [2.24, 2.45) is 0 Å². The molecule has 5 rings (SSSR count). The molecule has 0 bridgehead atoms. The third-order valence-corrected chi connectivity index (χ3v) is 7.05. The summed E-state index contributed by atoms with van der Waals surface area (Å²) < 4.78 is 17.9. The molecule has 0 saturated heterocycles. The van der Waals surface area contributed by atoms with Gasteiger partial charge in [0, 0.05) is 38.1 Å². The molecule has 0 saturated carbocycles. The summed E-state index contributed by atoms with van der Waals surface area (Å²) in [5.41, 5.74) is 6.06. The number of pyridine rings is 1. The summed E-state index contributed by atoms with van der Waals surface area (Å²) >= 11 is 1.79. The van der Waals surface area contributed by atoms with Crippen molar-refractivity contribution in [1.82, 2.24) is 23.7 Å². The van der Waals surface area contributed by atoms with Crippen molar-refractivity contribution in [1.29, 1.82) is 0 Å². The lowest BCUT2D eigenvalue weighted by molar-refractivity contribution is 0.518. The standard InChI is InChI=1S/C26H27FN6S/c1-4-22-25(31(2)26-28-14-11-23(30-26)19-5-8-21(27)9-6-19)33-17-20(7-10-24(33)29-22)18-12-15-32(34-3)16-13-18/h5-12,14,17H,4,13,15-16H2,1-3H3. The van der Waals surface area contributed by atoms with E-state index in [1.807, 2.05) is 18.0 Å². The van der Waals surface area contributed by atoms with Gasteiger partial charge in [-0.3, -0.25) is 9.30 Å². The number of benzene rings is 1. The van der Waals surface area contributed by atoms with E-state index in [2.05, 4.69) is 51.3 Å². The lowest BCUT2D eigenvalue weighted by atomic mass is 10.0. The number of rotatable bonds is 6. The van der Waals surface area contributed by atoms with Gasteiger partial charge in [0.05, 0.1) is 11.4 Å². The molecule has 1 aliphatic rings. The van der Waals surface area contributed by atoms with Crippen LogP contribution in [0.4, 0.5) is 16.2 Å². The second-order valence-corrected chi connectivity index (χ2v) is 9.12. The Hall–Kier alpha value is -3.23. The van der Waals surface area contributed by atoms with Gasteiger partial charge in [0.1, 0.15) is 17.3 Å². The first kappa shape index (κ1) is 22.6. The van der Waals surface area contributed by atoms with E-state index in [0.717, 1.165) is 54.3 Å². The largest absolute Gasteiger partial charge is 0.298 e. The first-order valence-corrected chi connectivity index (χ1v) is 12.6. The van der Waals surface area contributed by atoms with E-state index in [1.165, 1.54) is 23.3 Å². The SMILES string of the molecule is CCc1nc2ccc(C3=CCN(SC)CC3)cn2c1N(C)c1nccc(-c2ccc(F)cc2)n1. The van der Waals surface area contributed by atoms with E-state index >= 15 is 0 Å². The Morgan fingerprint density at radius 1 is 1.06 bits per heavy atom. The number of hydrogen-bond donors (Lipinski definition) is 0. The van der Waals surface area contributed by atoms with Crippen LogP contribution in [-0.2, 0) is 6.42 Å². The van der Waals surface area contributed by atoms with Crippen LogP contribution in [0.3, 0.4) is 0 Å². The second kappa shape index (κ2) is 9.56. The van der Waals surface area contributed by atoms with Crippen LogP contribution in [0, 0.1) is 5.82 Å². The summed E-state index contributed by atoms with van der Waals surface area (Å²) in [5, 5.41) is 0. The van der Waals surface area contributed by atoms with E-state index in [4.69, 9.17) is 9.97 Å². The summed E-state index contributed by atoms with van der Waals surface area (Å²) in [7, 11) is 1.97. The van der Waals surface area contributed by atoms with Crippen molar-refractivity contribution >= 4 is 34.9 Å². The minimum Gasteiger partial charge on any atom is -0.298 e. The fourth-order valence-electron chi connectivity index (χ4n) is 4.33. The average molecular weight is 475 g/mol. The molecule has 0 unspecified atom stereocenters. The number of hydrogen-bond acceptors (Lipinski definition) is 6. The highest BCUT2D eigenvalue weighted by atomic mass is 32.2. The maximum Gasteiger partial charge on any atom is 0.231 e. The molecule has 0 N–H and O–H groups in total. The Balaban J connectivity index is 1.54. The zero-order valence-corrected chi connectivity index (χ0v) is 20.4. The second-order valence-electron chi connectivity index (χ2n) is 8.24. The lowest BCUT2D eigenvalue weighted by Gasteiger charge is -2.24. The van der Waals surface area contributed by atoms with E-state index in [9.17, 15) is 4.39 Å². The van der Waals surface area contributed by atoms with E-state index in [-0.39, 0.29) is 5.82 Å². The first-order valence-electron chi connectivity index (χ1n) is 11.4. The number of fused-ring (bicyclic) bond motifs is 1. The van der Waals surface area contributed by atoms with Gasteiger partial charge in [-0.1, -0.05) is 24.9 Å². The summed E-state index contributed by atoms with van der Waals surface area (Å²) in [6, 6.07) is 12.4. The molecular weight excluding hydrogens is 447 g/mol. The summed E-state index contributed by atoms with van der Waals surface area (Å²) in [5.74, 6) is 1.26. The molecule has 0 aliphatic carbocycles. The molecule has 0 atom stereocenters. The molecule has 174 valence electrons. The van der Waals surface area contributed by atoms with E-state index in [0.29, 0.717) is 5.95 Å². The zero-order chi connectivity index (χ0) is 23.7. The van der Waals surface area contributed by atoms with Crippen LogP contribution in [0.5, 0.6) is 0 Å². The molecule has 4 heterocycles. The molecule has 6 nitrogen and oxygen atoms in total. The van der Waals surface area contributed by atoms with E-state index < -0.39 is 0 Å². The molecule has 0 spiro atoms. The first-order chi connectivity index (χ1) is 16.6. The number of nitrogens with zero attached hydrogens (tertiary/aromatic N) is 6. The summed E-state index contributed by atoms with van der Waals surface area (Å²) in [4.78, 5) is 16.2. The Morgan fingerprint density at radius 2 is 1.85 bits per heavy atom. The number of aryl methyl sites for hydroxylation is 1. The molecule has 34 heavy (non-hydrogen) atoms. The number of imidazole rings is 1. The predicted octanol–water partition coefficient (Wildman–Crippen LogP) is 5.63. The Morgan fingerprint density at radius 3 is 2.56 bits per heavy atom. The molecule has 1 aliphatic heterocycles. The highest BCUT2D eigenvalue weighted by Crippen LogP contribution is 2.31. The van der Waals surface area contributed by atoms with Crippen molar-refractivity contribution < 1.29 is 4.39 Å². The monoisotopic (exact) mass is 474 g/mol. The summed E-state index contributed by atoms with van der Waals surface area (Å²) in [6.45, 7) is 4.11. The number of halogens is 1. The van der Waals surface area contributed by atoms with Gasteiger partial charge in [0.15, 0.2) is 0 Å². The van der Waals surface area contributed by atoms with E-state index in [1.54, 1.807) is 30.3 Å². The van der Waals surface area contributed by atoms with Gasteiger partial charge in [-0.05, 0) is 72.7 Å². The molecule has 3 aromatic heterocycles. The molecule has 8 heteroatoms. The molecule has 0 amide bonds. The van der Waals surface area contributed by atoms with Crippen molar-refractivity contribution in [2.75, 3.05) is 31.3 Å². The van der Waals surface area contributed by atoms with Gasteiger partial charge in [0.2, 0.25) is 5.95 Å². The van der Waals surface area contributed by atoms with Gasteiger partial charge in [-0.15, -0.1) is 0 Å². The zero-order valence-electron chi connectivity index (χ0n) is 19.6. The van der Waals surface area contributed by atoms with Crippen molar-refractivity contribution in [2.45, 2.75) is 19.8 Å². The van der Waals surface area contributed by atoms with Crippen molar-refractivity contribution in [3.05, 3.63) is 78.0 Å². The fraction of sp³-hybridized carbons (Fsp3) is 0.269. The van der Waals surface area contributed by atoms with Crippen LogP contribution in [-0.4, -0.2) is 50.1 Å². The van der Waals surface area contributed by atoms with Gasteiger partial charge in [-0.2, -0.15) is 0 Å². The van der Waals surface area contributed by atoms with Crippen LogP contribution in [0.15, 0.2) is 60.9 Å². The summed E-state index contributed by atoms with van der Waals surface area (Å²) in [6.07, 6.45) is 10.2. The Kier molecular flexibility index (Phi) is 6.34. The molecule has 1 aromatic carbocycles. The van der Waals surface area contributed by atoms with Crippen molar-refractivity contribution in [3.63, 3.8) is 0 Å². The Labute approximate surface area is 203 Å². The number of anilines is 2. The lowest BCUT2D eigenvalue weighted by Crippen LogP contribution is -2.21. The van der Waals surface area contributed by atoms with Crippen molar-refractivity contribution in [3.8, 4) is 11.3 Å². The van der Waals surface area contributed by atoms with Gasteiger partial charge in [-0.25, -0.2) is 23.6 Å². The van der Waals surface area contributed by atoms with Gasteiger partial charge >= 0.3 is 0 Å². The van der Waals surface area contributed by atoms with Gasteiger partial charge in [0.25, 0.3) is 0 Å². The van der Waals surface area contributed by atoms with Crippen LogP contribution < -0.4 is 4.90 Å². The smallest absolute Gasteiger partial charge is 0.231 e. The minimum atomic E-state index is -0.265.